The zero-order chi connectivity index (χ0) is 24.4. The number of carbonyl (C=O) groups is 1. The van der Waals surface area contributed by atoms with Crippen molar-refractivity contribution in [3.63, 3.8) is 0 Å². The number of fused-ring (bicyclic) bond motifs is 3. The second-order valence-corrected chi connectivity index (χ2v) is 9.33. The number of rotatable bonds is 7. The van der Waals surface area contributed by atoms with Crippen LogP contribution in [0, 0.1) is 0 Å². The highest BCUT2D eigenvalue weighted by molar-refractivity contribution is 7.99. The van der Waals surface area contributed by atoms with E-state index in [9.17, 15) is 9.59 Å². The topological polar surface area (TPSA) is 72.5 Å². The van der Waals surface area contributed by atoms with Crippen molar-refractivity contribution in [2.24, 2.45) is 0 Å². The van der Waals surface area contributed by atoms with E-state index in [-0.39, 0.29) is 23.3 Å². The third-order valence-electron chi connectivity index (χ3n) is 6.24. The van der Waals surface area contributed by atoms with E-state index >= 15 is 0 Å². The van der Waals surface area contributed by atoms with E-state index < -0.39 is 0 Å². The molecule has 3 aromatic carbocycles. The van der Waals surface area contributed by atoms with Crippen LogP contribution < -0.4 is 5.56 Å². The molecule has 0 N–H and O–H groups in total. The first kappa shape index (κ1) is 22.9. The molecule has 0 bridgehead atoms. The monoisotopic (exact) mass is 483 g/mol. The Balaban J connectivity index is 1.47. The van der Waals surface area contributed by atoms with Gasteiger partial charge in [-0.25, -0.2) is 0 Å². The summed E-state index contributed by atoms with van der Waals surface area (Å²) in [6, 6.07) is 27.1. The van der Waals surface area contributed by atoms with Crippen LogP contribution in [0.25, 0.3) is 16.7 Å². The Kier molecular flexibility index (Phi) is 6.37. The van der Waals surface area contributed by atoms with Gasteiger partial charge in [0, 0.05) is 7.05 Å². The summed E-state index contributed by atoms with van der Waals surface area (Å²) in [5.74, 6) is 0.657. The average Bonchev–Trinajstić information content (AvgIpc) is 3.34. The van der Waals surface area contributed by atoms with Gasteiger partial charge in [0.05, 0.1) is 29.2 Å². The van der Waals surface area contributed by atoms with Crippen molar-refractivity contribution in [2.45, 2.75) is 24.7 Å². The molecule has 0 aliphatic rings. The lowest BCUT2D eigenvalue weighted by atomic mass is 10.1. The van der Waals surface area contributed by atoms with Crippen LogP contribution >= 0.6 is 11.8 Å². The van der Waals surface area contributed by atoms with Gasteiger partial charge in [-0.2, -0.15) is 0 Å². The molecule has 5 rings (SSSR count). The van der Waals surface area contributed by atoms with Crippen LogP contribution in [0.2, 0.25) is 0 Å². The van der Waals surface area contributed by atoms with E-state index in [1.54, 1.807) is 9.47 Å². The summed E-state index contributed by atoms with van der Waals surface area (Å²) in [7, 11) is 1.81. The summed E-state index contributed by atoms with van der Waals surface area (Å²) in [5, 5.41) is 9.89. The molecule has 8 heteroatoms. The minimum atomic E-state index is -0.117. The SMILES string of the molecule is CC(c1ccccc1)N(C)C(=O)CSc1nnc2n(Cc3ccccc3)c(=O)c3ccccc3n12. The van der Waals surface area contributed by atoms with Crippen molar-refractivity contribution in [2.75, 3.05) is 12.8 Å². The molecule has 35 heavy (non-hydrogen) atoms. The van der Waals surface area contributed by atoms with E-state index in [1.807, 2.05) is 103 Å². The van der Waals surface area contributed by atoms with Gasteiger partial charge in [0.2, 0.25) is 11.7 Å². The maximum absolute atomic E-state index is 13.3. The maximum Gasteiger partial charge on any atom is 0.263 e. The molecule has 0 fully saturated rings. The molecule has 7 nitrogen and oxygen atoms in total. The Morgan fingerprint density at radius 1 is 0.943 bits per heavy atom. The molecule has 0 spiro atoms. The van der Waals surface area contributed by atoms with Gasteiger partial charge in [0.25, 0.3) is 5.56 Å². The Morgan fingerprint density at radius 3 is 2.34 bits per heavy atom. The normalized spacial score (nSPS) is 12.2. The minimum absolute atomic E-state index is 0.00924. The molecule has 0 saturated heterocycles. The summed E-state index contributed by atoms with van der Waals surface area (Å²) in [6.45, 7) is 2.40. The van der Waals surface area contributed by atoms with E-state index in [0.29, 0.717) is 22.9 Å². The molecular formula is C27H25N5O2S. The average molecular weight is 484 g/mol. The predicted molar refractivity (Wildman–Crippen MR) is 139 cm³/mol. The van der Waals surface area contributed by atoms with Gasteiger partial charge in [-0.05, 0) is 30.2 Å². The third kappa shape index (κ3) is 4.44. The number of nitrogens with zero attached hydrogens (tertiary/aromatic N) is 5. The Labute approximate surface area is 207 Å². The molecule has 0 aliphatic heterocycles. The molecule has 0 saturated carbocycles. The van der Waals surface area contributed by atoms with Crippen LogP contribution in [0.15, 0.2) is 94.9 Å². The molecule has 0 aliphatic carbocycles. The summed E-state index contributed by atoms with van der Waals surface area (Å²) in [4.78, 5) is 28.1. The second kappa shape index (κ2) is 9.76. The van der Waals surface area contributed by atoms with E-state index in [0.717, 1.165) is 16.6 Å². The van der Waals surface area contributed by atoms with Crippen LogP contribution in [0.4, 0.5) is 0 Å². The van der Waals surface area contributed by atoms with E-state index in [4.69, 9.17) is 0 Å². The summed E-state index contributed by atoms with van der Waals surface area (Å²) in [5.41, 5.74) is 2.68. The van der Waals surface area contributed by atoms with Gasteiger partial charge in [-0.15, -0.1) is 10.2 Å². The summed E-state index contributed by atoms with van der Waals surface area (Å²) < 4.78 is 3.51. The quantitative estimate of drug-likeness (QED) is 0.321. The lowest BCUT2D eigenvalue weighted by Crippen LogP contribution is -2.31. The number of amides is 1. The molecule has 0 radical (unpaired) electrons. The zero-order valence-corrected chi connectivity index (χ0v) is 20.4. The highest BCUT2D eigenvalue weighted by Crippen LogP contribution is 2.24. The summed E-state index contributed by atoms with van der Waals surface area (Å²) in [6.07, 6.45) is 0. The van der Waals surface area contributed by atoms with Crippen molar-refractivity contribution in [3.05, 3.63) is 106 Å². The number of hydrogen-bond acceptors (Lipinski definition) is 5. The Morgan fingerprint density at radius 2 is 1.60 bits per heavy atom. The number of hydrogen-bond donors (Lipinski definition) is 0. The second-order valence-electron chi connectivity index (χ2n) is 8.39. The molecule has 1 atom stereocenters. The van der Waals surface area contributed by atoms with Crippen LogP contribution in [-0.2, 0) is 11.3 Å². The van der Waals surface area contributed by atoms with Crippen molar-refractivity contribution >= 4 is 34.3 Å². The molecular weight excluding hydrogens is 458 g/mol. The van der Waals surface area contributed by atoms with Crippen molar-refractivity contribution in [3.8, 4) is 0 Å². The van der Waals surface area contributed by atoms with Crippen LogP contribution in [-0.4, -0.2) is 42.8 Å². The molecule has 5 aromatic rings. The van der Waals surface area contributed by atoms with E-state index in [1.165, 1.54) is 11.8 Å². The molecule has 1 amide bonds. The predicted octanol–water partition coefficient (Wildman–Crippen LogP) is 4.40. The highest BCUT2D eigenvalue weighted by Gasteiger charge is 2.21. The fourth-order valence-electron chi connectivity index (χ4n) is 4.13. The lowest BCUT2D eigenvalue weighted by Gasteiger charge is -2.25. The van der Waals surface area contributed by atoms with Gasteiger partial charge in [-0.3, -0.25) is 18.6 Å². The zero-order valence-electron chi connectivity index (χ0n) is 19.5. The van der Waals surface area contributed by atoms with Gasteiger partial charge < -0.3 is 4.90 Å². The summed E-state index contributed by atoms with van der Waals surface area (Å²) >= 11 is 1.32. The standard InChI is InChI=1S/C27H25N5O2S/c1-19(21-13-7-4-8-14-21)30(2)24(33)18-35-27-29-28-26-31(17-20-11-5-3-6-12-20)25(34)22-15-9-10-16-23(22)32(26)27/h3-16,19H,17-18H2,1-2H3. The van der Waals surface area contributed by atoms with Gasteiger partial charge in [0.15, 0.2) is 5.16 Å². The van der Waals surface area contributed by atoms with Gasteiger partial charge >= 0.3 is 0 Å². The fraction of sp³-hybridized carbons (Fsp3) is 0.185. The van der Waals surface area contributed by atoms with Crippen molar-refractivity contribution < 1.29 is 4.79 Å². The lowest BCUT2D eigenvalue weighted by molar-refractivity contribution is -0.128. The number of carbonyl (C=O) groups excluding carboxylic acids is 1. The largest absolute Gasteiger partial charge is 0.338 e. The Bertz CT molecular complexity index is 1550. The fourth-order valence-corrected chi connectivity index (χ4v) is 5.00. The minimum Gasteiger partial charge on any atom is -0.338 e. The van der Waals surface area contributed by atoms with Gasteiger partial charge in [-0.1, -0.05) is 84.6 Å². The van der Waals surface area contributed by atoms with Crippen LogP contribution in [0.1, 0.15) is 24.1 Å². The number of thioether (sulfide) groups is 1. The molecule has 176 valence electrons. The number of benzene rings is 3. The highest BCUT2D eigenvalue weighted by atomic mass is 32.2. The third-order valence-corrected chi connectivity index (χ3v) is 7.16. The van der Waals surface area contributed by atoms with E-state index in [2.05, 4.69) is 10.2 Å². The van der Waals surface area contributed by atoms with Crippen LogP contribution in [0.5, 0.6) is 0 Å². The first-order valence-electron chi connectivity index (χ1n) is 11.4. The van der Waals surface area contributed by atoms with Gasteiger partial charge in [0.1, 0.15) is 0 Å². The molecule has 2 heterocycles. The molecule has 2 aromatic heterocycles. The molecule has 1 unspecified atom stereocenters. The maximum atomic E-state index is 13.3. The van der Waals surface area contributed by atoms with Crippen molar-refractivity contribution in [1.29, 1.82) is 0 Å². The number of aromatic nitrogens is 4. The smallest absolute Gasteiger partial charge is 0.263 e. The first-order valence-corrected chi connectivity index (χ1v) is 12.4. The first-order chi connectivity index (χ1) is 17.0. The Hall–Kier alpha value is -3.91. The number of para-hydroxylation sites is 1. The van der Waals surface area contributed by atoms with Crippen LogP contribution in [0.3, 0.4) is 0 Å². The van der Waals surface area contributed by atoms with Crippen molar-refractivity contribution in [1.82, 2.24) is 24.1 Å².